The third-order valence-electron chi connectivity index (χ3n) is 1.97. The van der Waals surface area contributed by atoms with Crippen molar-refractivity contribution < 1.29 is 4.79 Å². The highest BCUT2D eigenvalue weighted by Crippen LogP contribution is 2.08. The number of carbonyl (C=O) groups excluding carboxylic acids is 1. The van der Waals surface area contributed by atoms with Crippen LogP contribution in [0.3, 0.4) is 0 Å². The molecular weight excluding hydrogens is 235 g/mol. The van der Waals surface area contributed by atoms with Gasteiger partial charge in [-0.1, -0.05) is 11.6 Å². The fourth-order valence-corrected chi connectivity index (χ4v) is 1.49. The zero-order chi connectivity index (χ0) is 11.3. The number of nitrogens with zero attached hydrogens (tertiary/aromatic N) is 2. The molecule has 0 spiro atoms. The van der Waals surface area contributed by atoms with Crippen molar-refractivity contribution in [3.05, 3.63) is 29.0 Å². The van der Waals surface area contributed by atoms with Gasteiger partial charge in [0.2, 0.25) is 0 Å². The molecule has 0 N–H and O–H groups in total. The van der Waals surface area contributed by atoms with Crippen molar-refractivity contribution in [3.8, 4) is 0 Å². The molecule has 1 heterocycles. The maximum absolute atomic E-state index is 11.8. The number of alkyl halides is 1. The number of aromatic nitrogens is 1. The molecule has 0 unspecified atom stereocenters. The van der Waals surface area contributed by atoms with Crippen LogP contribution in [0.5, 0.6) is 0 Å². The highest BCUT2D eigenvalue weighted by Gasteiger charge is 2.14. The van der Waals surface area contributed by atoms with Crippen LogP contribution in [-0.2, 0) is 0 Å². The van der Waals surface area contributed by atoms with Crippen molar-refractivity contribution in [1.82, 2.24) is 9.88 Å². The van der Waals surface area contributed by atoms with Gasteiger partial charge in [0, 0.05) is 25.2 Å². The van der Waals surface area contributed by atoms with Crippen molar-refractivity contribution in [2.24, 2.45) is 0 Å². The largest absolute Gasteiger partial charge is 0.336 e. The molecule has 0 aliphatic carbocycles. The average molecular weight is 247 g/mol. The SMILES string of the molecule is CCN(CCCl)C(=O)c1ccc(Cl)cn1. The summed E-state index contributed by atoms with van der Waals surface area (Å²) in [5, 5.41) is 0.520. The number of carbonyl (C=O) groups is 1. The molecule has 3 nitrogen and oxygen atoms in total. The molecule has 0 aliphatic rings. The zero-order valence-electron chi connectivity index (χ0n) is 8.41. The number of hydrogen-bond donors (Lipinski definition) is 0. The van der Waals surface area contributed by atoms with Gasteiger partial charge in [0.1, 0.15) is 5.69 Å². The van der Waals surface area contributed by atoms with Crippen LogP contribution in [0.2, 0.25) is 5.02 Å². The van der Waals surface area contributed by atoms with E-state index in [0.29, 0.717) is 29.7 Å². The topological polar surface area (TPSA) is 33.2 Å². The van der Waals surface area contributed by atoms with Crippen LogP contribution >= 0.6 is 23.2 Å². The Hall–Kier alpha value is -0.800. The third kappa shape index (κ3) is 3.36. The Labute approximate surface area is 99.0 Å². The lowest BCUT2D eigenvalue weighted by Crippen LogP contribution is -2.33. The van der Waals surface area contributed by atoms with Gasteiger partial charge in [-0.15, -0.1) is 11.6 Å². The van der Waals surface area contributed by atoms with E-state index in [-0.39, 0.29) is 5.91 Å². The quantitative estimate of drug-likeness (QED) is 0.765. The molecule has 0 aliphatic heterocycles. The lowest BCUT2D eigenvalue weighted by Gasteiger charge is -2.18. The van der Waals surface area contributed by atoms with Crippen LogP contribution in [0.1, 0.15) is 17.4 Å². The molecule has 0 bridgehead atoms. The Balaban J connectivity index is 2.78. The second-order valence-electron chi connectivity index (χ2n) is 2.94. The Morgan fingerprint density at radius 1 is 1.53 bits per heavy atom. The summed E-state index contributed by atoms with van der Waals surface area (Å²) in [5.41, 5.74) is 0.395. The molecule has 0 fully saturated rings. The molecule has 1 amide bonds. The van der Waals surface area contributed by atoms with Gasteiger partial charge in [-0.3, -0.25) is 4.79 Å². The summed E-state index contributed by atoms with van der Waals surface area (Å²) in [6, 6.07) is 3.26. The van der Waals surface area contributed by atoms with Crippen LogP contribution in [0, 0.1) is 0 Å². The first-order valence-electron chi connectivity index (χ1n) is 4.65. The predicted octanol–water partition coefficient (Wildman–Crippen LogP) is 2.44. The van der Waals surface area contributed by atoms with E-state index in [1.807, 2.05) is 6.92 Å². The Morgan fingerprint density at radius 3 is 2.73 bits per heavy atom. The van der Waals surface area contributed by atoms with E-state index in [1.54, 1.807) is 17.0 Å². The first-order valence-corrected chi connectivity index (χ1v) is 5.57. The Kier molecular flexibility index (Phi) is 4.85. The molecule has 15 heavy (non-hydrogen) atoms. The first-order chi connectivity index (χ1) is 7.19. The molecule has 1 aromatic rings. The van der Waals surface area contributed by atoms with E-state index < -0.39 is 0 Å². The van der Waals surface area contributed by atoms with E-state index in [2.05, 4.69) is 4.98 Å². The van der Waals surface area contributed by atoms with E-state index in [4.69, 9.17) is 23.2 Å². The molecule has 82 valence electrons. The molecule has 0 saturated carbocycles. The smallest absolute Gasteiger partial charge is 0.272 e. The molecule has 1 rings (SSSR count). The lowest BCUT2D eigenvalue weighted by atomic mass is 10.3. The number of rotatable bonds is 4. The van der Waals surface area contributed by atoms with Gasteiger partial charge in [-0.25, -0.2) is 4.98 Å². The van der Waals surface area contributed by atoms with E-state index in [1.165, 1.54) is 6.20 Å². The second kappa shape index (κ2) is 5.93. The van der Waals surface area contributed by atoms with E-state index in [9.17, 15) is 4.79 Å². The molecule has 0 radical (unpaired) electrons. The van der Waals surface area contributed by atoms with Crippen LogP contribution in [0.15, 0.2) is 18.3 Å². The van der Waals surface area contributed by atoms with Gasteiger partial charge in [0.15, 0.2) is 0 Å². The number of halogens is 2. The lowest BCUT2D eigenvalue weighted by molar-refractivity contribution is 0.0768. The normalized spacial score (nSPS) is 10.1. The van der Waals surface area contributed by atoms with E-state index in [0.717, 1.165) is 0 Å². The van der Waals surface area contributed by atoms with Gasteiger partial charge in [0.05, 0.1) is 5.02 Å². The highest BCUT2D eigenvalue weighted by atomic mass is 35.5. The van der Waals surface area contributed by atoms with Crippen molar-refractivity contribution in [1.29, 1.82) is 0 Å². The molecule has 0 aromatic carbocycles. The maximum Gasteiger partial charge on any atom is 0.272 e. The maximum atomic E-state index is 11.8. The predicted molar refractivity (Wildman–Crippen MR) is 61.5 cm³/mol. The Bertz CT molecular complexity index is 327. The average Bonchev–Trinajstić information content (AvgIpc) is 2.26. The minimum atomic E-state index is -0.116. The summed E-state index contributed by atoms with van der Waals surface area (Å²) in [7, 11) is 0. The summed E-state index contributed by atoms with van der Waals surface area (Å²) in [6.07, 6.45) is 1.46. The van der Waals surface area contributed by atoms with Crippen LogP contribution in [-0.4, -0.2) is 34.8 Å². The molecule has 0 atom stereocenters. The highest BCUT2D eigenvalue weighted by molar-refractivity contribution is 6.30. The van der Waals surface area contributed by atoms with Crippen molar-refractivity contribution in [2.45, 2.75) is 6.92 Å². The zero-order valence-corrected chi connectivity index (χ0v) is 9.92. The van der Waals surface area contributed by atoms with E-state index >= 15 is 0 Å². The number of hydrogen-bond acceptors (Lipinski definition) is 2. The monoisotopic (exact) mass is 246 g/mol. The number of pyridine rings is 1. The van der Waals surface area contributed by atoms with Crippen LogP contribution in [0.25, 0.3) is 0 Å². The molecule has 5 heteroatoms. The van der Waals surface area contributed by atoms with Gasteiger partial charge in [-0.05, 0) is 19.1 Å². The summed E-state index contributed by atoms with van der Waals surface area (Å²) >= 11 is 11.3. The van der Waals surface area contributed by atoms with Crippen LogP contribution < -0.4 is 0 Å². The third-order valence-corrected chi connectivity index (χ3v) is 2.36. The molecule has 1 aromatic heterocycles. The fraction of sp³-hybridized carbons (Fsp3) is 0.400. The standard InChI is InChI=1S/C10H12Cl2N2O/c1-2-14(6-5-11)10(15)9-4-3-8(12)7-13-9/h3-4,7H,2,5-6H2,1H3. The minimum Gasteiger partial charge on any atom is -0.336 e. The fourth-order valence-electron chi connectivity index (χ4n) is 1.17. The van der Waals surface area contributed by atoms with Gasteiger partial charge < -0.3 is 4.90 Å². The molecule has 0 saturated heterocycles. The second-order valence-corrected chi connectivity index (χ2v) is 3.75. The van der Waals surface area contributed by atoms with Crippen molar-refractivity contribution in [2.75, 3.05) is 19.0 Å². The van der Waals surface area contributed by atoms with Crippen molar-refractivity contribution >= 4 is 29.1 Å². The van der Waals surface area contributed by atoms with Crippen molar-refractivity contribution in [3.63, 3.8) is 0 Å². The number of amides is 1. The summed E-state index contributed by atoms with van der Waals surface area (Å²) in [4.78, 5) is 17.4. The first kappa shape index (κ1) is 12.3. The van der Waals surface area contributed by atoms with Gasteiger partial charge in [-0.2, -0.15) is 0 Å². The summed E-state index contributed by atoms with van der Waals surface area (Å²) < 4.78 is 0. The molecular formula is C10H12Cl2N2O. The summed E-state index contributed by atoms with van der Waals surface area (Å²) in [6.45, 7) is 3.05. The van der Waals surface area contributed by atoms with Gasteiger partial charge in [0.25, 0.3) is 5.91 Å². The van der Waals surface area contributed by atoms with Gasteiger partial charge >= 0.3 is 0 Å². The Morgan fingerprint density at radius 2 is 2.27 bits per heavy atom. The minimum absolute atomic E-state index is 0.116. The summed E-state index contributed by atoms with van der Waals surface area (Å²) in [5.74, 6) is 0.308. The van der Waals surface area contributed by atoms with Crippen LogP contribution in [0.4, 0.5) is 0 Å².